The number of ether oxygens (including phenoxy) is 1. The maximum Gasteiger partial charge on any atom is 0.265 e. The normalized spacial score (nSPS) is 12.0. The average molecular weight is 315 g/mol. The zero-order valence-electron chi connectivity index (χ0n) is 13.7. The number of amides is 1. The van der Waals surface area contributed by atoms with Crippen LogP contribution in [0.15, 0.2) is 48.5 Å². The summed E-state index contributed by atoms with van der Waals surface area (Å²) in [5, 5.41) is 2.94. The molecule has 3 nitrogen and oxygen atoms in total. The molecule has 2 rings (SSSR count). The van der Waals surface area contributed by atoms with Crippen molar-refractivity contribution in [3.63, 3.8) is 0 Å². The zero-order valence-corrected chi connectivity index (χ0v) is 13.7. The molecular weight excluding hydrogens is 293 g/mol. The van der Waals surface area contributed by atoms with Crippen molar-refractivity contribution in [1.29, 1.82) is 0 Å². The molecule has 122 valence electrons. The van der Waals surface area contributed by atoms with Gasteiger partial charge in [-0.1, -0.05) is 39.0 Å². The van der Waals surface area contributed by atoms with Crippen LogP contribution in [0.1, 0.15) is 38.7 Å². The minimum absolute atomic E-state index is 0.204. The van der Waals surface area contributed by atoms with Gasteiger partial charge >= 0.3 is 0 Å². The number of carbonyl (C=O) groups excluding carboxylic acids is 1. The van der Waals surface area contributed by atoms with E-state index in [9.17, 15) is 9.18 Å². The molecule has 1 atom stereocenters. The number of hydrogen-bond acceptors (Lipinski definition) is 2. The molecule has 0 saturated carbocycles. The highest BCUT2D eigenvalue weighted by atomic mass is 19.1. The lowest BCUT2D eigenvalue weighted by molar-refractivity contribution is -0.122. The van der Waals surface area contributed by atoms with E-state index in [0.29, 0.717) is 18.1 Å². The van der Waals surface area contributed by atoms with Crippen molar-refractivity contribution in [2.24, 2.45) is 0 Å². The van der Waals surface area contributed by atoms with Crippen LogP contribution in [0.25, 0.3) is 0 Å². The van der Waals surface area contributed by atoms with Crippen LogP contribution in [-0.2, 0) is 4.79 Å². The fraction of sp³-hybridized carbons (Fsp3) is 0.316. The van der Waals surface area contributed by atoms with Crippen molar-refractivity contribution in [1.82, 2.24) is 0 Å². The lowest BCUT2D eigenvalue weighted by atomic mass is 10.0. The molecule has 0 saturated heterocycles. The molecule has 0 bridgehead atoms. The van der Waals surface area contributed by atoms with E-state index in [4.69, 9.17) is 4.74 Å². The van der Waals surface area contributed by atoms with Crippen LogP contribution >= 0.6 is 0 Å². The van der Waals surface area contributed by atoms with Crippen molar-refractivity contribution in [2.75, 3.05) is 5.32 Å². The van der Waals surface area contributed by atoms with E-state index in [1.165, 1.54) is 24.3 Å². The molecule has 0 spiro atoms. The summed E-state index contributed by atoms with van der Waals surface area (Å²) in [5.74, 6) is 0.251. The smallest absolute Gasteiger partial charge is 0.265 e. The number of halogens is 1. The molecule has 4 heteroatoms. The first-order valence-electron chi connectivity index (χ1n) is 7.83. The van der Waals surface area contributed by atoms with E-state index >= 15 is 0 Å². The number of anilines is 1. The van der Waals surface area contributed by atoms with E-state index in [1.807, 2.05) is 31.2 Å². The predicted octanol–water partition coefficient (Wildman–Crippen LogP) is 4.75. The summed E-state index contributed by atoms with van der Waals surface area (Å²) in [5.41, 5.74) is 1.88. The fourth-order valence-corrected chi connectivity index (χ4v) is 2.33. The highest BCUT2D eigenvalue weighted by Crippen LogP contribution is 2.24. The van der Waals surface area contributed by atoms with Crippen molar-refractivity contribution >= 4 is 11.6 Å². The summed E-state index contributed by atoms with van der Waals surface area (Å²) >= 11 is 0. The molecule has 2 aromatic rings. The maximum absolute atomic E-state index is 12.9. The molecule has 0 radical (unpaired) electrons. The topological polar surface area (TPSA) is 38.3 Å². The third kappa shape index (κ3) is 4.55. The van der Waals surface area contributed by atoms with E-state index in [2.05, 4.69) is 19.2 Å². The van der Waals surface area contributed by atoms with Gasteiger partial charge in [0.05, 0.1) is 0 Å². The van der Waals surface area contributed by atoms with Gasteiger partial charge in [-0.25, -0.2) is 4.39 Å². The third-order valence-corrected chi connectivity index (χ3v) is 3.60. The second-order valence-electron chi connectivity index (χ2n) is 5.70. The summed E-state index contributed by atoms with van der Waals surface area (Å²) in [7, 11) is 0. The molecule has 0 aliphatic rings. The maximum atomic E-state index is 12.9. The van der Waals surface area contributed by atoms with Gasteiger partial charge in [-0.05, 0) is 48.2 Å². The van der Waals surface area contributed by atoms with E-state index in [-0.39, 0.29) is 11.7 Å². The lowest BCUT2D eigenvalue weighted by Crippen LogP contribution is -2.32. The molecule has 1 N–H and O–H groups in total. The van der Waals surface area contributed by atoms with Gasteiger partial charge in [0.1, 0.15) is 11.6 Å². The fourth-order valence-electron chi connectivity index (χ4n) is 2.33. The van der Waals surface area contributed by atoms with Gasteiger partial charge in [-0.3, -0.25) is 4.79 Å². The standard InChI is InChI=1S/C19H22FNO2/c1-4-18(23-15-11-9-14(20)10-12-15)19(22)21-17-8-6-5-7-16(17)13(2)3/h5-13,18H,4H2,1-3H3,(H,21,22)/t18-/m0/s1. The summed E-state index contributed by atoms with van der Waals surface area (Å²) in [6.07, 6.45) is -0.103. The molecule has 0 unspecified atom stereocenters. The van der Waals surface area contributed by atoms with Crippen LogP contribution < -0.4 is 10.1 Å². The van der Waals surface area contributed by atoms with Crippen molar-refractivity contribution in [2.45, 2.75) is 39.2 Å². The predicted molar refractivity (Wildman–Crippen MR) is 90.3 cm³/mol. The van der Waals surface area contributed by atoms with Crippen LogP contribution in [0.4, 0.5) is 10.1 Å². The number of hydrogen-bond donors (Lipinski definition) is 1. The first-order chi connectivity index (χ1) is 11.0. The molecule has 1 amide bonds. The number of benzene rings is 2. The zero-order chi connectivity index (χ0) is 16.8. The molecule has 0 heterocycles. The Hall–Kier alpha value is -2.36. The summed E-state index contributed by atoms with van der Waals surface area (Å²) in [6, 6.07) is 13.4. The summed E-state index contributed by atoms with van der Waals surface area (Å²) in [4.78, 5) is 12.5. The minimum atomic E-state index is -0.624. The molecule has 0 aliphatic heterocycles. The largest absolute Gasteiger partial charge is 0.481 e. The monoisotopic (exact) mass is 315 g/mol. The van der Waals surface area contributed by atoms with E-state index in [1.54, 1.807) is 0 Å². The van der Waals surface area contributed by atoms with Crippen molar-refractivity contribution in [3.05, 3.63) is 59.9 Å². The van der Waals surface area contributed by atoms with Crippen molar-refractivity contribution < 1.29 is 13.9 Å². The Morgan fingerprint density at radius 3 is 2.39 bits per heavy atom. The Kier molecular flexibility index (Phi) is 5.74. The molecular formula is C19H22FNO2. The molecule has 2 aromatic carbocycles. The average Bonchev–Trinajstić information content (AvgIpc) is 2.54. The van der Waals surface area contributed by atoms with Gasteiger partial charge in [0.15, 0.2) is 6.10 Å². The van der Waals surface area contributed by atoms with Gasteiger partial charge in [0, 0.05) is 5.69 Å². The van der Waals surface area contributed by atoms with Crippen LogP contribution in [0.5, 0.6) is 5.75 Å². The van der Waals surface area contributed by atoms with Gasteiger partial charge in [0.25, 0.3) is 5.91 Å². The molecule has 0 aromatic heterocycles. The first-order valence-corrected chi connectivity index (χ1v) is 7.83. The SMILES string of the molecule is CC[C@H](Oc1ccc(F)cc1)C(=O)Nc1ccccc1C(C)C. The Morgan fingerprint density at radius 2 is 1.78 bits per heavy atom. The van der Waals surface area contributed by atoms with Gasteiger partial charge < -0.3 is 10.1 Å². The third-order valence-electron chi connectivity index (χ3n) is 3.60. The minimum Gasteiger partial charge on any atom is -0.481 e. The van der Waals surface area contributed by atoms with Crippen LogP contribution in [0.2, 0.25) is 0 Å². The van der Waals surface area contributed by atoms with Gasteiger partial charge in [0.2, 0.25) is 0 Å². The second kappa shape index (κ2) is 7.77. The summed E-state index contributed by atoms with van der Waals surface area (Å²) < 4.78 is 18.6. The van der Waals surface area contributed by atoms with Gasteiger partial charge in [-0.2, -0.15) is 0 Å². The van der Waals surface area contributed by atoms with Crippen LogP contribution in [0, 0.1) is 5.82 Å². The highest BCUT2D eigenvalue weighted by Gasteiger charge is 2.20. The second-order valence-corrected chi connectivity index (χ2v) is 5.70. The van der Waals surface area contributed by atoms with Gasteiger partial charge in [-0.15, -0.1) is 0 Å². The first kappa shape index (κ1) is 17.0. The van der Waals surface area contributed by atoms with E-state index < -0.39 is 6.10 Å². The highest BCUT2D eigenvalue weighted by molar-refractivity contribution is 5.95. The number of nitrogens with one attached hydrogen (secondary N) is 1. The Balaban J connectivity index is 2.10. The Labute approximate surface area is 136 Å². The number of rotatable bonds is 6. The molecule has 23 heavy (non-hydrogen) atoms. The quantitative estimate of drug-likeness (QED) is 0.835. The Bertz CT molecular complexity index is 653. The van der Waals surface area contributed by atoms with Crippen LogP contribution in [-0.4, -0.2) is 12.0 Å². The number of carbonyl (C=O) groups is 1. The Morgan fingerprint density at radius 1 is 1.13 bits per heavy atom. The number of para-hydroxylation sites is 1. The summed E-state index contributed by atoms with van der Waals surface area (Å²) in [6.45, 7) is 6.04. The van der Waals surface area contributed by atoms with Crippen LogP contribution in [0.3, 0.4) is 0 Å². The van der Waals surface area contributed by atoms with E-state index in [0.717, 1.165) is 11.3 Å². The molecule has 0 fully saturated rings. The molecule has 0 aliphatic carbocycles. The lowest BCUT2D eigenvalue weighted by Gasteiger charge is -2.19. The van der Waals surface area contributed by atoms with Crippen molar-refractivity contribution in [3.8, 4) is 5.75 Å².